The van der Waals surface area contributed by atoms with E-state index < -0.39 is 0 Å². The molecule has 2 rings (SSSR count). The van der Waals surface area contributed by atoms with Crippen molar-refractivity contribution in [3.05, 3.63) is 47.2 Å². The van der Waals surface area contributed by atoms with E-state index >= 15 is 0 Å². The van der Waals surface area contributed by atoms with Gasteiger partial charge in [0, 0.05) is 12.0 Å². The molecule has 0 saturated heterocycles. The molecule has 2 unspecified atom stereocenters. The van der Waals surface area contributed by atoms with E-state index in [1.165, 1.54) is 5.30 Å². The van der Waals surface area contributed by atoms with E-state index in [9.17, 15) is 5.11 Å². The van der Waals surface area contributed by atoms with Gasteiger partial charge in [0.15, 0.2) is 0 Å². The first-order chi connectivity index (χ1) is 9.47. The number of rotatable bonds is 4. The lowest BCUT2D eigenvalue weighted by Crippen LogP contribution is -2.15. The number of phenols is 1. The molecule has 4 heteroatoms. The Morgan fingerprint density at radius 3 is 2.40 bits per heavy atom. The van der Waals surface area contributed by atoms with Crippen LogP contribution in [0.5, 0.6) is 5.75 Å². The van der Waals surface area contributed by atoms with Gasteiger partial charge in [0.2, 0.25) is 0 Å². The maximum Gasteiger partial charge on any atom is 0.129 e. The monoisotopic (exact) mass is 288 g/mol. The highest BCUT2D eigenvalue weighted by Gasteiger charge is 2.09. The molecule has 2 aromatic rings. The van der Waals surface area contributed by atoms with Gasteiger partial charge < -0.3 is 10.4 Å². The highest BCUT2D eigenvalue weighted by Crippen LogP contribution is 2.26. The van der Waals surface area contributed by atoms with Crippen LogP contribution in [0.4, 0.5) is 5.82 Å². The lowest BCUT2D eigenvalue weighted by Gasteiger charge is -2.17. The highest BCUT2D eigenvalue weighted by molar-refractivity contribution is 7.48. The molecule has 0 amide bonds. The van der Waals surface area contributed by atoms with E-state index in [0.717, 1.165) is 22.5 Å². The Balaban J connectivity index is 2.09. The van der Waals surface area contributed by atoms with Crippen LogP contribution in [0.1, 0.15) is 23.6 Å². The van der Waals surface area contributed by atoms with E-state index in [2.05, 4.69) is 42.3 Å². The Labute approximate surface area is 122 Å². The predicted octanol–water partition coefficient (Wildman–Crippen LogP) is 3.47. The number of aryl methyl sites for hydroxylation is 3. The van der Waals surface area contributed by atoms with Gasteiger partial charge in [-0.1, -0.05) is 14.6 Å². The molecule has 1 heterocycles. The van der Waals surface area contributed by atoms with Crippen LogP contribution in [-0.2, 0) is 0 Å². The standard InChI is InChI=1S/C16H21N2OP/c1-10-6-5-7-17-16(10)18-13(4)20-14-8-11(2)15(19)12(3)9-14/h5-9,13,19-20H,1-4H3,(H,17,18). The van der Waals surface area contributed by atoms with Crippen molar-refractivity contribution in [1.29, 1.82) is 0 Å². The zero-order valence-electron chi connectivity index (χ0n) is 12.4. The van der Waals surface area contributed by atoms with Gasteiger partial charge in [-0.25, -0.2) is 4.98 Å². The van der Waals surface area contributed by atoms with E-state index in [1.807, 2.05) is 19.9 Å². The van der Waals surface area contributed by atoms with Crippen molar-refractivity contribution in [2.45, 2.75) is 33.5 Å². The molecule has 1 aromatic carbocycles. The summed E-state index contributed by atoms with van der Waals surface area (Å²) in [4.78, 5) is 4.36. The molecule has 0 saturated carbocycles. The molecule has 0 bridgehead atoms. The molecule has 20 heavy (non-hydrogen) atoms. The van der Waals surface area contributed by atoms with E-state index in [0.29, 0.717) is 20.1 Å². The third kappa shape index (κ3) is 3.49. The molecular weight excluding hydrogens is 267 g/mol. The van der Waals surface area contributed by atoms with Gasteiger partial charge in [0.25, 0.3) is 0 Å². The van der Waals surface area contributed by atoms with E-state index in [-0.39, 0.29) is 0 Å². The van der Waals surface area contributed by atoms with Crippen molar-refractivity contribution < 1.29 is 5.11 Å². The smallest absolute Gasteiger partial charge is 0.129 e. The molecule has 0 fully saturated rings. The zero-order chi connectivity index (χ0) is 14.7. The number of anilines is 1. The fraction of sp³-hybridized carbons (Fsp3) is 0.312. The van der Waals surface area contributed by atoms with Gasteiger partial charge in [-0.05, 0) is 67.9 Å². The van der Waals surface area contributed by atoms with Crippen molar-refractivity contribution in [2.75, 3.05) is 5.32 Å². The van der Waals surface area contributed by atoms with Crippen LogP contribution in [0.2, 0.25) is 0 Å². The number of nitrogens with one attached hydrogen (secondary N) is 1. The zero-order valence-corrected chi connectivity index (χ0v) is 13.4. The van der Waals surface area contributed by atoms with Gasteiger partial charge >= 0.3 is 0 Å². The lowest BCUT2D eigenvalue weighted by molar-refractivity contribution is 0.467. The van der Waals surface area contributed by atoms with Crippen LogP contribution in [0.25, 0.3) is 0 Å². The minimum Gasteiger partial charge on any atom is -0.507 e. The quantitative estimate of drug-likeness (QED) is 0.847. The van der Waals surface area contributed by atoms with Crippen LogP contribution in [-0.4, -0.2) is 15.9 Å². The summed E-state index contributed by atoms with van der Waals surface area (Å²) >= 11 is 0. The number of pyridine rings is 1. The summed E-state index contributed by atoms with van der Waals surface area (Å²) in [6.07, 6.45) is 1.81. The fourth-order valence-electron chi connectivity index (χ4n) is 2.17. The first-order valence-electron chi connectivity index (χ1n) is 6.72. The SMILES string of the molecule is Cc1cccnc1NC(C)Pc1cc(C)c(O)c(C)c1. The van der Waals surface area contributed by atoms with Crippen molar-refractivity contribution >= 4 is 19.7 Å². The molecule has 0 aliphatic heterocycles. The Kier molecular flexibility index (Phi) is 4.61. The van der Waals surface area contributed by atoms with Crippen LogP contribution < -0.4 is 10.6 Å². The first kappa shape index (κ1) is 14.8. The molecule has 2 atom stereocenters. The Morgan fingerprint density at radius 1 is 1.15 bits per heavy atom. The number of nitrogens with zero attached hydrogens (tertiary/aromatic N) is 1. The third-order valence-corrected chi connectivity index (χ3v) is 4.44. The molecular formula is C16H21N2OP. The summed E-state index contributed by atoms with van der Waals surface area (Å²) in [6, 6.07) is 8.12. The molecule has 0 spiro atoms. The molecule has 0 aliphatic rings. The Hall–Kier alpha value is -1.60. The molecule has 1 aromatic heterocycles. The van der Waals surface area contributed by atoms with Gasteiger partial charge in [-0.15, -0.1) is 0 Å². The Bertz CT molecular complexity index is 590. The minimum absolute atomic E-state index is 0.312. The molecule has 3 nitrogen and oxygen atoms in total. The predicted molar refractivity (Wildman–Crippen MR) is 87.6 cm³/mol. The van der Waals surface area contributed by atoms with E-state index in [1.54, 1.807) is 6.20 Å². The number of hydrogen-bond acceptors (Lipinski definition) is 3. The van der Waals surface area contributed by atoms with Crippen LogP contribution in [0.15, 0.2) is 30.5 Å². The van der Waals surface area contributed by atoms with Crippen molar-refractivity contribution in [2.24, 2.45) is 0 Å². The number of benzene rings is 1. The highest BCUT2D eigenvalue weighted by atomic mass is 31.1. The summed E-state index contributed by atoms with van der Waals surface area (Å²) < 4.78 is 0. The topological polar surface area (TPSA) is 45.2 Å². The minimum atomic E-state index is 0.312. The summed E-state index contributed by atoms with van der Waals surface area (Å²) in [5, 5.41) is 14.5. The molecule has 2 N–H and O–H groups in total. The van der Waals surface area contributed by atoms with Gasteiger partial charge in [0.1, 0.15) is 11.6 Å². The van der Waals surface area contributed by atoms with Crippen LogP contribution in [0, 0.1) is 20.8 Å². The fourth-order valence-corrected chi connectivity index (χ4v) is 3.48. The first-order valence-corrected chi connectivity index (χ1v) is 7.80. The second-order valence-electron chi connectivity index (χ2n) is 5.14. The van der Waals surface area contributed by atoms with Crippen LogP contribution >= 0.6 is 8.58 Å². The molecule has 0 radical (unpaired) electrons. The summed E-state index contributed by atoms with van der Waals surface area (Å²) in [7, 11) is 0.627. The summed E-state index contributed by atoms with van der Waals surface area (Å²) in [6.45, 7) is 8.10. The summed E-state index contributed by atoms with van der Waals surface area (Å²) in [5.41, 5.74) is 3.03. The largest absolute Gasteiger partial charge is 0.507 e. The number of aromatic hydroxyl groups is 1. The van der Waals surface area contributed by atoms with Gasteiger partial charge in [0.05, 0.1) is 0 Å². The molecule has 0 aliphatic carbocycles. The number of hydrogen-bond donors (Lipinski definition) is 2. The van der Waals surface area contributed by atoms with Crippen LogP contribution in [0.3, 0.4) is 0 Å². The summed E-state index contributed by atoms with van der Waals surface area (Å²) in [5.74, 6) is 1.66. The van der Waals surface area contributed by atoms with Crippen molar-refractivity contribution in [3.8, 4) is 5.75 Å². The molecule has 106 valence electrons. The average Bonchev–Trinajstić information content (AvgIpc) is 2.38. The van der Waals surface area contributed by atoms with Crippen molar-refractivity contribution in [1.82, 2.24) is 4.98 Å². The lowest BCUT2D eigenvalue weighted by atomic mass is 10.1. The second kappa shape index (κ2) is 6.23. The Morgan fingerprint density at radius 2 is 1.80 bits per heavy atom. The van der Waals surface area contributed by atoms with Gasteiger partial charge in [-0.3, -0.25) is 0 Å². The number of phenolic OH excluding ortho intramolecular Hbond substituents is 1. The normalized spacial score (nSPS) is 12.8. The maximum atomic E-state index is 9.81. The maximum absolute atomic E-state index is 9.81. The second-order valence-corrected chi connectivity index (χ2v) is 6.87. The van der Waals surface area contributed by atoms with Gasteiger partial charge in [-0.2, -0.15) is 0 Å². The average molecular weight is 288 g/mol. The van der Waals surface area contributed by atoms with E-state index in [4.69, 9.17) is 0 Å². The number of aromatic nitrogens is 1. The van der Waals surface area contributed by atoms with Crippen molar-refractivity contribution in [3.63, 3.8) is 0 Å². The third-order valence-electron chi connectivity index (χ3n) is 3.24.